The summed E-state index contributed by atoms with van der Waals surface area (Å²) in [6, 6.07) is -0.0541. The second-order valence-electron chi connectivity index (χ2n) is 4.17. The van der Waals surface area contributed by atoms with E-state index in [0.29, 0.717) is 39.6 Å². The van der Waals surface area contributed by atoms with Crippen molar-refractivity contribution in [2.45, 2.75) is 13.0 Å². The Kier molecular flexibility index (Phi) is 10.6. The van der Waals surface area contributed by atoms with Crippen LogP contribution in [0.1, 0.15) is 6.92 Å². The Morgan fingerprint density at radius 2 is 1.61 bits per heavy atom. The highest BCUT2D eigenvalue weighted by molar-refractivity contribution is 7.90. The van der Waals surface area contributed by atoms with Crippen LogP contribution in [0.3, 0.4) is 0 Å². The maximum atomic E-state index is 11.0. The van der Waals surface area contributed by atoms with Gasteiger partial charge < -0.3 is 19.5 Å². The van der Waals surface area contributed by atoms with Gasteiger partial charge in [-0.25, -0.2) is 8.42 Å². The molecule has 0 spiro atoms. The van der Waals surface area contributed by atoms with E-state index in [1.807, 2.05) is 6.92 Å². The van der Waals surface area contributed by atoms with E-state index >= 15 is 0 Å². The van der Waals surface area contributed by atoms with Crippen LogP contribution in [0.4, 0.5) is 0 Å². The Morgan fingerprint density at radius 1 is 1.06 bits per heavy atom. The minimum atomic E-state index is -2.92. The Hall–Kier alpha value is -0.210. The lowest BCUT2D eigenvalue weighted by Gasteiger charge is -2.12. The highest BCUT2D eigenvalue weighted by Crippen LogP contribution is 1.89. The first kappa shape index (κ1) is 17.8. The van der Waals surface area contributed by atoms with Crippen molar-refractivity contribution in [3.05, 3.63) is 0 Å². The van der Waals surface area contributed by atoms with Gasteiger partial charge in [0.1, 0.15) is 9.84 Å². The molecule has 0 aromatic carbocycles. The SMILES string of the molecule is COCCOCCOCCNC(C)CS(C)(=O)=O. The molecular weight excluding hydrogens is 258 g/mol. The van der Waals surface area contributed by atoms with Crippen LogP contribution >= 0.6 is 0 Å². The van der Waals surface area contributed by atoms with E-state index in [0.717, 1.165) is 0 Å². The number of rotatable bonds is 12. The maximum Gasteiger partial charge on any atom is 0.148 e. The zero-order valence-corrected chi connectivity index (χ0v) is 12.3. The van der Waals surface area contributed by atoms with Gasteiger partial charge in [-0.05, 0) is 6.92 Å². The van der Waals surface area contributed by atoms with Crippen molar-refractivity contribution in [1.29, 1.82) is 0 Å². The van der Waals surface area contributed by atoms with Gasteiger partial charge in [0, 0.05) is 26.0 Å². The fourth-order valence-corrected chi connectivity index (χ4v) is 2.38. The molecule has 0 aromatic rings. The fraction of sp³-hybridized carbons (Fsp3) is 1.00. The van der Waals surface area contributed by atoms with Gasteiger partial charge in [0.25, 0.3) is 0 Å². The Morgan fingerprint density at radius 3 is 2.17 bits per heavy atom. The zero-order chi connectivity index (χ0) is 13.9. The Labute approximate surface area is 110 Å². The van der Waals surface area contributed by atoms with E-state index in [-0.39, 0.29) is 11.8 Å². The van der Waals surface area contributed by atoms with Gasteiger partial charge in [-0.15, -0.1) is 0 Å². The molecule has 0 amide bonds. The summed E-state index contributed by atoms with van der Waals surface area (Å²) < 4.78 is 37.4. The van der Waals surface area contributed by atoms with E-state index in [9.17, 15) is 8.42 Å². The number of ether oxygens (including phenoxy) is 3. The van der Waals surface area contributed by atoms with E-state index in [1.165, 1.54) is 6.26 Å². The molecule has 0 rings (SSSR count). The van der Waals surface area contributed by atoms with Crippen LogP contribution in [0.2, 0.25) is 0 Å². The molecule has 0 heterocycles. The molecule has 110 valence electrons. The van der Waals surface area contributed by atoms with Gasteiger partial charge in [0.15, 0.2) is 0 Å². The monoisotopic (exact) mass is 283 g/mol. The third-order valence-corrected chi connectivity index (χ3v) is 3.20. The summed E-state index contributed by atoms with van der Waals surface area (Å²) in [6.45, 7) is 5.26. The van der Waals surface area contributed by atoms with Crippen LogP contribution in [0.5, 0.6) is 0 Å². The van der Waals surface area contributed by atoms with Crippen LogP contribution in [-0.4, -0.2) is 73.2 Å². The summed E-state index contributed by atoms with van der Waals surface area (Å²) >= 11 is 0. The molecule has 1 unspecified atom stereocenters. The van der Waals surface area contributed by atoms with Crippen molar-refractivity contribution in [1.82, 2.24) is 5.32 Å². The predicted molar refractivity (Wildman–Crippen MR) is 70.7 cm³/mol. The number of hydrogen-bond donors (Lipinski definition) is 1. The topological polar surface area (TPSA) is 73.9 Å². The second-order valence-corrected chi connectivity index (χ2v) is 6.35. The highest BCUT2D eigenvalue weighted by atomic mass is 32.2. The van der Waals surface area contributed by atoms with Crippen molar-refractivity contribution < 1.29 is 22.6 Å². The number of sulfone groups is 1. The average Bonchev–Trinajstić information content (AvgIpc) is 2.24. The van der Waals surface area contributed by atoms with Gasteiger partial charge in [-0.2, -0.15) is 0 Å². The van der Waals surface area contributed by atoms with Gasteiger partial charge >= 0.3 is 0 Å². The first-order valence-electron chi connectivity index (χ1n) is 6.01. The molecule has 0 bridgehead atoms. The molecule has 0 radical (unpaired) electrons. The van der Waals surface area contributed by atoms with E-state index < -0.39 is 9.84 Å². The first-order valence-corrected chi connectivity index (χ1v) is 8.07. The molecule has 0 fully saturated rings. The maximum absolute atomic E-state index is 11.0. The summed E-state index contributed by atoms with van der Waals surface area (Å²) in [6.07, 6.45) is 1.24. The van der Waals surface area contributed by atoms with Gasteiger partial charge in [-0.1, -0.05) is 0 Å². The highest BCUT2D eigenvalue weighted by Gasteiger charge is 2.08. The summed E-state index contributed by atoms with van der Waals surface area (Å²) in [5.74, 6) is 0.146. The smallest absolute Gasteiger partial charge is 0.148 e. The number of hydrogen-bond acceptors (Lipinski definition) is 6. The molecule has 0 aliphatic rings. The van der Waals surface area contributed by atoms with Crippen LogP contribution in [0.25, 0.3) is 0 Å². The molecule has 0 aliphatic carbocycles. The number of nitrogens with one attached hydrogen (secondary N) is 1. The lowest BCUT2D eigenvalue weighted by Crippen LogP contribution is -2.35. The molecule has 7 heteroatoms. The van der Waals surface area contributed by atoms with Gasteiger partial charge in [-0.3, -0.25) is 0 Å². The molecule has 0 saturated heterocycles. The van der Waals surface area contributed by atoms with E-state index in [1.54, 1.807) is 7.11 Å². The molecule has 0 saturated carbocycles. The van der Waals surface area contributed by atoms with Crippen molar-refractivity contribution in [2.75, 3.05) is 58.7 Å². The van der Waals surface area contributed by atoms with Crippen LogP contribution < -0.4 is 5.32 Å². The Balaban J connectivity index is 3.25. The third kappa shape index (κ3) is 13.9. The van der Waals surface area contributed by atoms with Crippen LogP contribution in [0, 0.1) is 0 Å². The zero-order valence-electron chi connectivity index (χ0n) is 11.5. The Bertz CT molecular complexity index is 281. The van der Waals surface area contributed by atoms with Crippen molar-refractivity contribution in [2.24, 2.45) is 0 Å². The summed E-state index contributed by atoms with van der Waals surface area (Å²) in [7, 11) is -1.29. The summed E-state index contributed by atoms with van der Waals surface area (Å²) in [5, 5.41) is 3.09. The molecule has 6 nitrogen and oxygen atoms in total. The van der Waals surface area contributed by atoms with Crippen molar-refractivity contribution in [3.8, 4) is 0 Å². The van der Waals surface area contributed by atoms with Crippen molar-refractivity contribution >= 4 is 9.84 Å². The normalized spacial score (nSPS) is 13.7. The van der Waals surface area contributed by atoms with E-state index in [4.69, 9.17) is 14.2 Å². The predicted octanol–water partition coefficient (Wildman–Crippen LogP) is -0.311. The number of methoxy groups -OCH3 is 1. The molecule has 0 aliphatic heterocycles. The van der Waals surface area contributed by atoms with Crippen LogP contribution in [-0.2, 0) is 24.0 Å². The van der Waals surface area contributed by atoms with Gasteiger partial charge in [0.05, 0.1) is 38.8 Å². The van der Waals surface area contributed by atoms with Crippen molar-refractivity contribution in [3.63, 3.8) is 0 Å². The quantitative estimate of drug-likeness (QED) is 0.495. The van der Waals surface area contributed by atoms with Crippen LogP contribution in [0.15, 0.2) is 0 Å². The minimum Gasteiger partial charge on any atom is -0.382 e. The largest absolute Gasteiger partial charge is 0.382 e. The molecule has 1 atom stereocenters. The molecular formula is C11H25NO5S. The second kappa shape index (κ2) is 10.7. The summed E-state index contributed by atoms with van der Waals surface area (Å²) in [5.41, 5.74) is 0. The summed E-state index contributed by atoms with van der Waals surface area (Å²) in [4.78, 5) is 0. The third-order valence-electron chi connectivity index (χ3n) is 2.10. The van der Waals surface area contributed by atoms with E-state index in [2.05, 4.69) is 5.32 Å². The molecule has 0 aromatic heterocycles. The molecule has 1 N–H and O–H groups in total. The lowest BCUT2D eigenvalue weighted by molar-refractivity contribution is 0.0253. The average molecular weight is 283 g/mol. The first-order chi connectivity index (χ1) is 8.45. The minimum absolute atomic E-state index is 0.0541. The van der Waals surface area contributed by atoms with Gasteiger partial charge in [0.2, 0.25) is 0 Å². The standard InChI is InChI=1S/C11H25NO5S/c1-11(10-18(3,13)14)12-4-5-16-8-9-17-7-6-15-2/h11-12H,4-10H2,1-3H3. The lowest BCUT2D eigenvalue weighted by atomic mass is 10.4. The fourth-order valence-electron chi connectivity index (χ4n) is 1.35. The molecule has 18 heavy (non-hydrogen) atoms.